The molecule has 0 bridgehead atoms. The van der Waals surface area contributed by atoms with Crippen LogP contribution in [0.1, 0.15) is 6.92 Å². The first-order valence-corrected chi connectivity index (χ1v) is 9.64. The first-order valence-electron chi connectivity index (χ1n) is 7.92. The Kier molecular flexibility index (Phi) is 5.35. The third kappa shape index (κ3) is 4.27. The van der Waals surface area contributed by atoms with Crippen LogP contribution in [0.2, 0.25) is 0 Å². The molecule has 0 aliphatic carbocycles. The summed E-state index contributed by atoms with van der Waals surface area (Å²) in [6.07, 6.45) is 0.617. The standard InChI is InChI=1S/C20H20O3P/c1-2-24(21-18-12-6-3-7-13-18,22-19-14-8-4-9-15-19)23-20-16-10-5-11-17-20/h3-17H,2H2,1H3/q+1. The second-order valence-corrected chi connectivity index (χ2v) is 7.54. The lowest BCUT2D eigenvalue weighted by molar-refractivity contribution is 0.356. The first kappa shape index (κ1) is 16.4. The topological polar surface area (TPSA) is 27.7 Å². The van der Waals surface area contributed by atoms with Gasteiger partial charge in [0.2, 0.25) is 0 Å². The molecule has 0 heterocycles. The van der Waals surface area contributed by atoms with Crippen molar-refractivity contribution in [2.24, 2.45) is 0 Å². The van der Waals surface area contributed by atoms with Gasteiger partial charge in [0.15, 0.2) is 23.4 Å². The van der Waals surface area contributed by atoms with E-state index >= 15 is 0 Å². The zero-order chi connectivity index (χ0) is 16.7. The van der Waals surface area contributed by atoms with E-state index in [0.717, 1.165) is 17.2 Å². The van der Waals surface area contributed by atoms with E-state index in [4.69, 9.17) is 13.6 Å². The number of hydrogen-bond acceptors (Lipinski definition) is 3. The molecule has 0 fully saturated rings. The average Bonchev–Trinajstić information content (AvgIpc) is 2.64. The number of para-hydroxylation sites is 3. The van der Waals surface area contributed by atoms with Crippen LogP contribution in [0.25, 0.3) is 0 Å². The molecular formula is C20H20O3P+. The summed E-state index contributed by atoms with van der Waals surface area (Å²) in [6, 6.07) is 28.9. The summed E-state index contributed by atoms with van der Waals surface area (Å²) >= 11 is 0. The van der Waals surface area contributed by atoms with E-state index in [9.17, 15) is 0 Å². The van der Waals surface area contributed by atoms with Crippen molar-refractivity contribution in [3.05, 3.63) is 91.0 Å². The van der Waals surface area contributed by atoms with Gasteiger partial charge < -0.3 is 0 Å². The Morgan fingerprint density at radius 3 is 1.08 bits per heavy atom. The highest BCUT2D eigenvalue weighted by molar-refractivity contribution is 7.62. The summed E-state index contributed by atoms with van der Waals surface area (Å²) in [7, 11) is -2.64. The molecule has 0 amide bonds. The van der Waals surface area contributed by atoms with Crippen LogP contribution in [0.5, 0.6) is 17.2 Å². The van der Waals surface area contributed by atoms with Gasteiger partial charge >= 0.3 is 7.94 Å². The molecule has 0 spiro atoms. The number of hydrogen-bond donors (Lipinski definition) is 0. The van der Waals surface area contributed by atoms with E-state index < -0.39 is 7.94 Å². The number of benzene rings is 3. The predicted octanol–water partition coefficient (Wildman–Crippen LogP) is 6.01. The Bertz CT molecular complexity index is 631. The Morgan fingerprint density at radius 2 is 0.833 bits per heavy atom. The molecule has 0 unspecified atom stereocenters. The second-order valence-electron chi connectivity index (χ2n) is 5.14. The van der Waals surface area contributed by atoms with Gasteiger partial charge in [-0.25, -0.2) is 0 Å². The van der Waals surface area contributed by atoms with Gasteiger partial charge in [0.25, 0.3) is 0 Å². The lowest BCUT2D eigenvalue weighted by Gasteiger charge is -2.22. The molecule has 0 aromatic heterocycles. The van der Waals surface area contributed by atoms with Gasteiger partial charge in [0.1, 0.15) is 0 Å². The lowest BCUT2D eigenvalue weighted by Crippen LogP contribution is -2.17. The molecule has 0 saturated heterocycles. The minimum Gasteiger partial charge on any atom is -0.272 e. The van der Waals surface area contributed by atoms with Crippen LogP contribution in [-0.4, -0.2) is 6.16 Å². The van der Waals surface area contributed by atoms with Gasteiger partial charge in [-0.15, -0.1) is 0 Å². The Balaban J connectivity index is 1.91. The smallest absolute Gasteiger partial charge is 0.272 e. The molecule has 24 heavy (non-hydrogen) atoms. The number of rotatable bonds is 7. The summed E-state index contributed by atoms with van der Waals surface area (Å²) in [4.78, 5) is 0. The van der Waals surface area contributed by atoms with Crippen molar-refractivity contribution in [2.75, 3.05) is 6.16 Å². The van der Waals surface area contributed by atoms with Crippen LogP contribution >= 0.6 is 7.94 Å². The highest BCUT2D eigenvalue weighted by Gasteiger charge is 2.48. The van der Waals surface area contributed by atoms with Crippen LogP contribution in [0.4, 0.5) is 0 Å². The molecule has 0 saturated carbocycles. The zero-order valence-electron chi connectivity index (χ0n) is 13.5. The molecule has 0 radical (unpaired) electrons. The molecule has 3 aromatic carbocycles. The molecule has 3 aromatic rings. The summed E-state index contributed by atoms with van der Waals surface area (Å²) in [5, 5.41) is 0. The minimum absolute atomic E-state index is 0.617. The summed E-state index contributed by atoms with van der Waals surface area (Å²) in [6.45, 7) is 2.02. The Morgan fingerprint density at radius 1 is 0.542 bits per heavy atom. The van der Waals surface area contributed by atoms with Crippen molar-refractivity contribution in [1.29, 1.82) is 0 Å². The summed E-state index contributed by atoms with van der Waals surface area (Å²) in [5.74, 6) is 2.21. The maximum Gasteiger partial charge on any atom is 0.541 e. The van der Waals surface area contributed by atoms with Crippen molar-refractivity contribution in [3.8, 4) is 17.2 Å². The third-order valence-electron chi connectivity index (χ3n) is 3.35. The van der Waals surface area contributed by atoms with Gasteiger partial charge in [0, 0.05) is 0 Å². The quantitative estimate of drug-likeness (QED) is 0.494. The lowest BCUT2D eigenvalue weighted by atomic mass is 10.3. The molecule has 0 aliphatic heterocycles. The highest BCUT2D eigenvalue weighted by atomic mass is 31.2. The Labute approximate surface area is 143 Å². The summed E-state index contributed by atoms with van der Waals surface area (Å²) in [5.41, 5.74) is 0. The van der Waals surface area contributed by atoms with E-state index in [2.05, 4.69) is 0 Å². The van der Waals surface area contributed by atoms with E-state index in [1.165, 1.54) is 0 Å². The van der Waals surface area contributed by atoms with Crippen molar-refractivity contribution < 1.29 is 13.6 Å². The minimum atomic E-state index is -2.64. The fraction of sp³-hybridized carbons (Fsp3) is 0.100. The van der Waals surface area contributed by atoms with Crippen LogP contribution in [0.15, 0.2) is 91.0 Å². The molecule has 0 atom stereocenters. The summed E-state index contributed by atoms with van der Waals surface area (Å²) < 4.78 is 18.7. The first-order chi connectivity index (χ1) is 11.8. The van der Waals surface area contributed by atoms with Gasteiger partial charge in [-0.2, -0.15) is 0 Å². The van der Waals surface area contributed by atoms with Crippen molar-refractivity contribution >= 4 is 7.94 Å². The van der Waals surface area contributed by atoms with Gasteiger partial charge in [0.05, 0.1) is 0 Å². The van der Waals surface area contributed by atoms with E-state index in [-0.39, 0.29) is 0 Å². The van der Waals surface area contributed by atoms with Crippen molar-refractivity contribution in [2.45, 2.75) is 6.92 Å². The maximum atomic E-state index is 6.23. The van der Waals surface area contributed by atoms with Crippen molar-refractivity contribution in [1.82, 2.24) is 0 Å². The van der Waals surface area contributed by atoms with Crippen LogP contribution in [0, 0.1) is 0 Å². The van der Waals surface area contributed by atoms with Crippen molar-refractivity contribution in [3.63, 3.8) is 0 Å². The largest absolute Gasteiger partial charge is 0.541 e. The maximum absolute atomic E-state index is 6.23. The van der Waals surface area contributed by atoms with Gasteiger partial charge in [-0.3, -0.25) is 13.6 Å². The second kappa shape index (κ2) is 7.85. The predicted molar refractivity (Wildman–Crippen MR) is 98.7 cm³/mol. The molecule has 3 nitrogen and oxygen atoms in total. The van der Waals surface area contributed by atoms with Crippen LogP contribution in [0.3, 0.4) is 0 Å². The van der Waals surface area contributed by atoms with E-state index in [1.807, 2.05) is 97.9 Å². The zero-order valence-corrected chi connectivity index (χ0v) is 14.4. The molecule has 4 heteroatoms. The molecule has 0 N–H and O–H groups in total. The molecule has 3 rings (SSSR count). The SMILES string of the molecule is CC[P+](Oc1ccccc1)(Oc1ccccc1)Oc1ccccc1. The third-order valence-corrected chi connectivity index (χ3v) is 5.59. The van der Waals surface area contributed by atoms with Crippen LogP contribution in [-0.2, 0) is 0 Å². The normalized spacial score (nSPS) is 10.9. The van der Waals surface area contributed by atoms with Gasteiger partial charge in [-0.05, 0) is 43.3 Å². The highest BCUT2D eigenvalue weighted by Crippen LogP contribution is 2.60. The fourth-order valence-electron chi connectivity index (χ4n) is 2.18. The van der Waals surface area contributed by atoms with E-state index in [1.54, 1.807) is 0 Å². The molecule has 0 aliphatic rings. The molecule has 122 valence electrons. The van der Waals surface area contributed by atoms with E-state index in [0.29, 0.717) is 6.16 Å². The van der Waals surface area contributed by atoms with Gasteiger partial charge in [-0.1, -0.05) is 54.6 Å². The monoisotopic (exact) mass is 339 g/mol. The fourth-order valence-corrected chi connectivity index (χ4v) is 4.00. The Hall–Kier alpha value is -2.51. The van der Waals surface area contributed by atoms with Crippen LogP contribution < -0.4 is 13.6 Å². The average molecular weight is 339 g/mol. The molecular weight excluding hydrogens is 319 g/mol.